The number of carbonyl (C=O) groups is 3. The van der Waals surface area contributed by atoms with Crippen LogP contribution in [0.2, 0.25) is 0 Å². The van der Waals surface area contributed by atoms with Crippen LogP contribution in [0, 0.1) is 34.2 Å². The van der Waals surface area contributed by atoms with Gasteiger partial charge in [-0.3, -0.25) is 19.7 Å². The fourth-order valence-corrected chi connectivity index (χ4v) is 14.7. The molecule has 466 valence electrons. The molecule has 0 aromatic heterocycles. The molecule has 24 nitrogen and oxygen atoms in total. The lowest BCUT2D eigenvalue weighted by atomic mass is 9.75. The number of benzene rings is 1. The first-order valence-electron chi connectivity index (χ1n) is 26.9. The number of hydrogen-bond acceptors (Lipinski definition) is 27. The van der Waals surface area contributed by atoms with Crippen LogP contribution < -0.4 is 30.3 Å². The Morgan fingerprint density at radius 3 is 2.27 bits per heavy atom. The van der Waals surface area contributed by atoms with Crippen LogP contribution in [0.1, 0.15) is 62.9 Å². The Kier molecular flexibility index (Phi) is 25.7. The van der Waals surface area contributed by atoms with Gasteiger partial charge in [0.05, 0.1) is 97.0 Å². The highest BCUT2D eigenvalue weighted by molar-refractivity contribution is 14.1. The van der Waals surface area contributed by atoms with Gasteiger partial charge in [-0.05, 0) is 90.6 Å². The number of amides is 1. The summed E-state index contributed by atoms with van der Waals surface area (Å²) < 4.78 is 72.5. The van der Waals surface area contributed by atoms with Crippen molar-refractivity contribution >= 4 is 82.8 Å². The highest BCUT2D eigenvalue weighted by Crippen LogP contribution is 2.49. The Morgan fingerprint density at radius 2 is 1.61 bits per heavy atom. The summed E-state index contributed by atoms with van der Waals surface area (Å²) in [5.41, 5.74) is 1.30. The van der Waals surface area contributed by atoms with Gasteiger partial charge in [-0.25, -0.2) is 4.79 Å². The number of likely N-dealkylation sites (N-methyl/N-ethyl adjacent to an activating group) is 1. The molecule has 1 amide bonds. The van der Waals surface area contributed by atoms with Crippen molar-refractivity contribution in [1.29, 1.82) is 0 Å². The minimum Gasteiger partial charge on any atom is -0.492 e. The summed E-state index contributed by atoms with van der Waals surface area (Å²) in [7, 11) is 11.3. The molecule has 0 saturated carbocycles. The largest absolute Gasteiger partial charge is 0.492 e. The number of hydrogen-bond donors (Lipinski definition) is 8. The molecule has 0 spiro atoms. The van der Waals surface area contributed by atoms with Gasteiger partial charge in [0.2, 0.25) is 17.2 Å². The van der Waals surface area contributed by atoms with Crippen molar-refractivity contribution < 1.29 is 102 Å². The summed E-state index contributed by atoms with van der Waals surface area (Å²) in [5.74, 6) is 11.3. The second-order valence-electron chi connectivity index (χ2n) is 20.1. The van der Waals surface area contributed by atoms with E-state index in [1.807, 2.05) is 35.8 Å². The molecular weight excluding hydrogens is 1290 g/mol. The van der Waals surface area contributed by atoms with Crippen molar-refractivity contribution in [3.63, 3.8) is 0 Å². The van der Waals surface area contributed by atoms with Crippen LogP contribution in [0.3, 0.4) is 0 Å². The van der Waals surface area contributed by atoms with Crippen molar-refractivity contribution in [3.8, 4) is 40.9 Å². The molecule has 4 aliphatic heterocycles. The standard InChI is InChI=1S/C55H74IN3O21S4/c1-12-57-30-24-73-35(22-34(30)68-6)78-48-43(63)40(26(3)75-53(48)77-33-17-15-13-14-16-19-55(67)23-32(61)41(58-54(66)72-10)38(33)29(55)18-20-82-84-81-11)59-80-36-21-31(60)50(28(5)74-36)83-51(65)37-25(2)39(56)46(49(71-9)45(37)69-7)79-52-44(64)47(70-8)42(62)27(4)76-52/h13-14,18,26-28,30-31,33-36,40,42-44,47-48,50,52-53,57,59-60,62-64,67H,12,20-24H2,1-11H3,(H,58,66)/b14-13-,29-18+/t26-,27-,28+,30-,31-,33-,34-,35-,36-,40+,42-,43-,44+,47+,48+,50+,52-,53-,55-/m0/s1. The maximum atomic E-state index is 14.4. The number of halogens is 1. The first kappa shape index (κ1) is 68.5. The lowest BCUT2D eigenvalue weighted by Gasteiger charge is -2.46. The number of allylic oxidation sites excluding steroid dienone is 3. The highest BCUT2D eigenvalue weighted by atomic mass is 127. The molecule has 4 heterocycles. The summed E-state index contributed by atoms with van der Waals surface area (Å²) in [5, 5.41) is 62.7. The minimum absolute atomic E-state index is 0.0155. The molecule has 4 fully saturated rings. The molecule has 0 radical (unpaired) electrons. The number of fused-ring (bicyclic) bond motifs is 2. The number of hydroxylamine groups is 1. The second-order valence-corrected chi connectivity index (χ2v) is 26.7. The second kappa shape index (κ2) is 31.5. The van der Waals surface area contributed by atoms with E-state index in [4.69, 9.17) is 61.7 Å². The van der Waals surface area contributed by atoms with Crippen LogP contribution in [0.15, 0.2) is 35.1 Å². The van der Waals surface area contributed by atoms with E-state index in [9.17, 15) is 39.9 Å². The van der Waals surface area contributed by atoms with Crippen LogP contribution in [-0.2, 0) is 52.3 Å². The molecule has 19 atom stereocenters. The van der Waals surface area contributed by atoms with E-state index in [0.717, 1.165) is 18.9 Å². The molecule has 4 saturated heterocycles. The summed E-state index contributed by atoms with van der Waals surface area (Å²) >= 11 is 2.83. The number of carbonyl (C=O) groups excluding carboxylic acids is 3. The molecule has 84 heavy (non-hydrogen) atoms. The predicted octanol–water partition coefficient (Wildman–Crippen LogP) is 3.20. The number of thioether (sulfide) groups is 1. The number of aliphatic hydroxyl groups is 5. The van der Waals surface area contributed by atoms with Gasteiger partial charge in [-0.2, -0.15) is 5.48 Å². The lowest BCUT2D eigenvalue weighted by Crippen LogP contribution is -2.65. The maximum Gasteiger partial charge on any atom is 0.411 e. The van der Waals surface area contributed by atoms with Gasteiger partial charge in [0.15, 0.2) is 41.8 Å². The lowest BCUT2D eigenvalue weighted by molar-refractivity contribution is -0.336. The van der Waals surface area contributed by atoms with Crippen molar-refractivity contribution in [3.05, 3.63) is 49.8 Å². The first-order valence-corrected chi connectivity index (χ1v) is 32.9. The highest BCUT2D eigenvalue weighted by Gasteiger charge is 2.52. The number of alkyl carbamates (subject to hydrolysis) is 1. The molecule has 0 unspecified atom stereocenters. The smallest absolute Gasteiger partial charge is 0.411 e. The van der Waals surface area contributed by atoms with Gasteiger partial charge in [-0.15, -0.1) is 0 Å². The molecule has 1 aromatic rings. The van der Waals surface area contributed by atoms with Gasteiger partial charge in [0.25, 0.3) is 0 Å². The van der Waals surface area contributed by atoms with Gasteiger partial charge >= 0.3 is 6.09 Å². The van der Waals surface area contributed by atoms with Crippen LogP contribution >= 0.6 is 65.8 Å². The Labute approximate surface area is 517 Å². The number of ketones is 1. The van der Waals surface area contributed by atoms with E-state index < -0.39 is 127 Å². The third kappa shape index (κ3) is 15.7. The number of methoxy groups -OCH3 is 5. The monoisotopic (exact) mass is 1370 g/mol. The predicted molar refractivity (Wildman–Crippen MR) is 320 cm³/mol. The average molecular weight is 1370 g/mol. The van der Waals surface area contributed by atoms with Crippen molar-refractivity contribution in [2.45, 2.75) is 169 Å². The molecule has 1 aromatic carbocycles. The van der Waals surface area contributed by atoms with Gasteiger partial charge < -0.3 is 87.7 Å². The van der Waals surface area contributed by atoms with Crippen LogP contribution in [0.4, 0.5) is 4.79 Å². The third-order valence-corrected chi connectivity index (χ3v) is 21.2. The molecule has 2 bridgehead atoms. The Morgan fingerprint density at radius 1 is 0.881 bits per heavy atom. The summed E-state index contributed by atoms with van der Waals surface area (Å²) in [6.07, 6.45) is -11.9. The molecule has 29 heteroatoms. The molecule has 6 aliphatic rings. The number of ether oxygens (including phenoxy) is 12. The first-order chi connectivity index (χ1) is 40.2. The van der Waals surface area contributed by atoms with E-state index in [0.29, 0.717) is 21.4 Å². The Balaban J connectivity index is 1.12. The molecule has 2 aliphatic carbocycles. The van der Waals surface area contributed by atoms with Crippen LogP contribution in [0.25, 0.3) is 0 Å². The van der Waals surface area contributed by atoms with E-state index in [2.05, 4.69) is 39.8 Å². The van der Waals surface area contributed by atoms with Crippen LogP contribution in [0.5, 0.6) is 17.2 Å². The van der Waals surface area contributed by atoms with E-state index in [1.54, 1.807) is 40.9 Å². The molecule has 7 rings (SSSR count). The SMILES string of the molecule is CCN[C@H]1CO[C@@H](O[C@H]2[C@H](O[C@H]3C#C/C=C\C#C[C@]4(O)CC(=O)C(NC(=O)OC)=C3/C4=C\CSSSC)O[C@@H](C)[C@@H](NO[C@H]3C[C@H](O)[C@H](SC(=O)c4c(C)c(I)c(O[C@@H]5O[C@@H](C)[C@H](O)[C@@H](OC)[C@H]5O)c(OC)c4OC)[C@@H](C)O3)[C@@H]2O)C[C@@H]1OC. The maximum absolute atomic E-state index is 14.4. The number of Topliss-reactive ketones (excluding diaryl/α,β-unsaturated/α-hetero) is 1. The van der Waals surface area contributed by atoms with Gasteiger partial charge in [-0.1, -0.05) is 70.0 Å². The van der Waals surface area contributed by atoms with Gasteiger partial charge in [0.1, 0.15) is 36.6 Å². The molecule has 8 N–H and O–H groups in total. The summed E-state index contributed by atoms with van der Waals surface area (Å²) in [4.78, 5) is 47.5. The fourth-order valence-electron chi connectivity index (χ4n) is 10.5. The topological polar surface area (TPSA) is 308 Å². The minimum atomic E-state index is -2.05. The van der Waals surface area contributed by atoms with Crippen molar-refractivity contribution in [2.75, 3.05) is 60.7 Å². The Hall–Kier alpha value is -2.94. The van der Waals surface area contributed by atoms with Crippen molar-refractivity contribution in [1.82, 2.24) is 16.1 Å². The van der Waals surface area contributed by atoms with Crippen LogP contribution in [-0.4, -0.2) is 218 Å². The van der Waals surface area contributed by atoms with Gasteiger partial charge in [0, 0.05) is 44.0 Å². The average Bonchev–Trinajstić information content (AvgIpc) is 1.36. The fraction of sp³-hybridized carbons (Fsp3) is 0.655. The van der Waals surface area contributed by atoms with Crippen molar-refractivity contribution in [2.24, 2.45) is 0 Å². The summed E-state index contributed by atoms with van der Waals surface area (Å²) in [6.45, 7) is 9.41. The molecular formula is C55H74IN3O21S4. The zero-order chi connectivity index (χ0) is 61.2. The number of nitrogens with one attached hydrogen (secondary N) is 3. The zero-order valence-electron chi connectivity index (χ0n) is 48.1. The van der Waals surface area contributed by atoms with E-state index in [1.165, 1.54) is 64.9 Å². The number of rotatable bonds is 22. The number of aliphatic hydroxyl groups excluding tert-OH is 4. The van der Waals surface area contributed by atoms with E-state index in [-0.39, 0.29) is 71.2 Å². The third-order valence-electron chi connectivity index (χ3n) is 14.8. The summed E-state index contributed by atoms with van der Waals surface area (Å²) in [6, 6.07) is -1.27. The van der Waals surface area contributed by atoms with E-state index >= 15 is 0 Å². The normalized spacial score (nSPS) is 35.9. The quantitative estimate of drug-likeness (QED) is 0.0272. The Bertz CT molecular complexity index is 2710. The zero-order valence-corrected chi connectivity index (χ0v) is 53.6.